The fraction of sp³-hybridized carbons (Fsp3) is 0. The maximum absolute atomic E-state index is 8.60. The molecule has 0 heterocycles. The van der Waals surface area contributed by atoms with Gasteiger partial charge in [-0.2, -0.15) is 28.0 Å². The molecule has 0 saturated heterocycles. The van der Waals surface area contributed by atoms with Gasteiger partial charge >= 0.3 is 0 Å². The highest BCUT2D eigenvalue weighted by Crippen LogP contribution is 1.61. The molecule has 0 spiro atoms. The van der Waals surface area contributed by atoms with E-state index >= 15 is 0 Å². The van der Waals surface area contributed by atoms with Crippen molar-refractivity contribution < 1.29 is 90.6 Å². The van der Waals surface area contributed by atoms with Crippen molar-refractivity contribution in [1.82, 2.24) is 0 Å². The van der Waals surface area contributed by atoms with Crippen LogP contribution in [-0.2, 0) is 0 Å². The summed E-state index contributed by atoms with van der Waals surface area (Å²) in [6.07, 6.45) is 0. The van der Waals surface area contributed by atoms with Crippen LogP contribution in [-0.4, -0.2) is 65.2 Å². The van der Waals surface area contributed by atoms with Crippen LogP contribution in [0.25, 0.3) is 0 Å². The molecular formula is H14Cl2MgO14. The van der Waals surface area contributed by atoms with E-state index in [1.54, 1.807) is 0 Å². The zero-order chi connectivity index (χ0) is 9.00. The van der Waals surface area contributed by atoms with Crippen molar-refractivity contribution in [3.63, 3.8) is 0 Å². The van der Waals surface area contributed by atoms with Crippen LogP contribution in [0.15, 0.2) is 0 Å². The van der Waals surface area contributed by atoms with Gasteiger partial charge in [0.2, 0.25) is 0 Å². The Morgan fingerprint density at radius 2 is 0.471 bits per heavy atom. The second-order valence-electron chi connectivity index (χ2n) is 0.792. The predicted molar refractivity (Wildman–Crippen MR) is 31.9 cm³/mol. The Hall–Kier alpha value is 0.786. The van der Waals surface area contributed by atoms with Gasteiger partial charge in [0.25, 0.3) is 0 Å². The number of hydrogen-bond donors (Lipinski definition) is 2. The molecule has 0 aromatic carbocycles. The lowest BCUT2D eigenvalue weighted by Crippen LogP contribution is -2.58. The summed E-state index contributed by atoms with van der Waals surface area (Å²) in [4.78, 5) is 0. The number of halogens is 2. The molecule has 0 aromatic rings. The molecule has 17 heavy (non-hydrogen) atoms. The lowest BCUT2D eigenvalue weighted by Gasteiger charge is -2.03. The molecule has 2 radical (unpaired) electrons. The second kappa shape index (κ2) is 25.6. The molecule has 0 rings (SSSR count). The standard InChI is InChI=1S/2ClHO4.Mg.6H2O/c2*2-1(3,4)5;;;;;;;/h2*(H,2,3,4,5);;6*1H2. The van der Waals surface area contributed by atoms with Crippen LogP contribution in [0, 0.1) is 20.5 Å². The van der Waals surface area contributed by atoms with Gasteiger partial charge in [0.1, 0.15) is 0 Å². The van der Waals surface area contributed by atoms with Gasteiger partial charge in [0.15, 0.2) is 0 Å². The van der Waals surface area contributed by atoms with Crippen LogP contribution in [0.3, 0.4) is 0 Å². The molecule has 0 unspecified atom stereocenters. The van der Waals surface area contributed by atoms with E-state index in [0.717, 1.165) is 0 Å². The first kappa shape index (κ1) is 64.9. The van der Waals surface area contributed by atoms with Crippen LogP contribution >= 0.6 is 0 Å². The average Bonchev–Trinajstić information content (AvgIpc) is 1.12. The molecule has 114 valence electrons. The Bertz CT molecular complexity index is 57.2. The maximum atomic E-state index is 8.60. The minimum atomic E-state index is -4.69. The van der Waals surface area contributed by atoms with E-state index in [9.17, 15) is 0 Å². The second-order valence-corrected chi connectivity index (χ2v) is 2.38. The van der Waals surface area contributed by atoms with Crippen molar-refractivity contribution in [3.05, 3.63) is 0 Å². The molecule has 14 N–H and O–H groups in total. The number of hydrogen-bond acceptors (Lipinski definition) is 8. The molecule has 17 heteroatoms. The third-order valence-electron chi connectivity index (χ3n) is 0. The van der Waals surface area contributed by atoms with Gasteiger partial charge in [0.05, 0.1) is 29.8 Å². The Kier molecular flexibility index (Phi) is 97.7. The van der Waals surface area contributed by atoms with Gasteiger partial charge in [-0.15, -0.1) is 0 Å². The van der Waals surface area contributed by atoms with E-state index in [-0.39, 0.29) is 55.9 Å². The number of rotatable bonds is 0. The molecular weight excluding hydrogens is 319 g/mol. The highest BCUT2D eigenvalue weighted by molar-refractivity contribution is 5.75. The maximum Gasteiger partial charge on any atom is 0.0777 e. The molecule has 0 aromatic heterocycles. The smallest absolute Gasteiger partial charge is 0.0777 e. The van der Waals surface area contributed by atoms with Crippen molar-refractivity contribution >= 4 is 23.1 Å². The summed E-state index contributed by atoms with van der Waals surface area (Å²) in [5.41, 5.74) is 0. The van der Waals surface area contributed by atoms with E-state index < -0.39 is 20.5 Å². The van der Waals surface area contributed by atoms with Crippen molar-refractivity contribution in [2.45, 2.75) is 0 Å². The summed E-state index contributed by atoms with van der Waals surface area (Å²) in [5.74, 6) is 0. The normalized spacial score (nSPS) is 7.06. The molecule has 0 aliphatic heterocycles. The van der Waals surface area contributed by atoms with E-state index in [1.165, 1.54) is 0 Å². The molecule has 0 aliphatic rings. The highest BCUT2D eigenvalue weighted by Gasteiger charge is 1.99. The summed E-state index contributed by atoms with van der Waals surface area (Å²) >= 11 is 0. The van der Waals surface area contributed by atoms with Crippen molar-refractivity contribution in [2.75, 3.05) is 0 Å². The first-order chi connectivity index (χ1) is 4.00. The summed E-state index contributed by atoms with van der Waals surface area (Å²) in [6.45, 7) is 0. The van der Waals surface area contributed by atoms with E-state index in [1.807, 2.05) is 0 Å². The van der Waals surface area contributed by atoms with E-state index in [4.69, 9.17) is 37.3 Å². The summed E-state index contributed by atoms with van der Waals surface area (Å²) in [6, 6.07) is 0. The largest absolute Gasteiger partial charge is 0.412 e. The lowest BCUT2D eigenvalue weighted by atomic mass is 15.8. The van der Waals surface area contributed by atoms with Gasteiger partial charge in [-0.25, -0.2) is 0 Å². The van der Waals surface area contributed by atoms with Gasteiger partial charge < -0.3 is 32.9 Å². The molecule has 0 saturated carbocycles. The quantitative estimate of drug-likeness (QED) is 0.399. The molecule has 14 nitrogen and oxygen atoms in total. The predicted octanol–water partition coefficient (Wildman–Crippen LogP) is -13.6. The monoisotopic (exact) mass is 332 g/mol. The van der Waals surface area contributed by atoms with E-state index in [0.29, 0.717) is 0 Å². The Labute approximate surface area is 114 Å². The summed E-state index contributed by atoms with van der Waals surface area (Å²) in [7, 11) is -9.39. The minimum Gasteiger partial charge on any atom is -0.412 e. The fourth-order valence-electron chi connectivity index (χ4n) is 0. The van der Waals surface area contributed by atoms with E-state index in [2.05, 4.69) is 0 Å². The molecule has 0 aliphatic carbocycles. The third-order valence-corrected chi connectivity index (χ3v) is 0. The average molecular weight is 333 g/mol. The minimum absolute atomic E-state index is 0. The zero-order valence-electron chi connectivity index (χ0n) is 7.81. The first-order valence-electron chi connectivity index (χ1n) is 1.26. The Morgan fingerprint density at radius 1 is 0.471 bits per heavy atom. The van der Waals surface area contributed by atoms with Gasteiger partial charge in [0, 0.05) is 23.1 Å². The topological polar surface area (TPSA) is 368 Å². The van der Waals surface area contributed by atoms with Crippen LogP contribution in [0.2, 0.25) is 0 Å². The van der Waals surface area contributed by atoms with Crippen molar-refractivity contribution in [3.8, 4) is 0 Å². The SMILES string of the molecule is O.O.O.O.O.O.[Mg].[O-][Cl+3]([O-])([O-])O.[O-][Cl+3]([O-])([O-])O. The Balaban J connectivity index is -0.00000000762. The molecule has 0 amide bonds. The third kappa shape index (κ3) is 5940. The molecule has 0 atom stereocenters. The van der Waals surface area contributed by atoms with Crippen LogP contribution < -0.4 is 28.0 Å². The Morgan fingerprint density at radius 3 is 0.471 bits per heavy atom. The molecule has 0 fully saturated rings. The first-order valence-corrected chi connectivity index (χ1v) is 3.79. The fourth-order valence-corrected chi connectivity index (χ4v) is 0. The van der Waals surface area contributed by atoms with Crippen LogP contribution in [0.1, 0.15) is 0 Å². The van der Waals surface area contributed by atoms with Crippen LogP contribution in [0.4, 0.5) is 0 Å². The summed E-state index contributed by atoms with van der Waals surface area (Å²) < 4.78 is 65.4. The van der Waals surface area contributed by atoms with Gasteiger partial charge in [-0.3, -0.25) is 0 Å². The summed E-state index contributed by atoms with van der Waals surface area (Å²) in [5, 5.41) is 0. The van der Waals surface area contributed by atoms with Crippen LogP contribution in [0.5, 0.6) is 0 Å². The van der Waals surface area contributed by atoms with Crippen molar-refractivity contribution in [2.24, 2.45) is 0 Å². The zero-order valence-corrected chi connectivity index (χ0v) is 10.7. The van der Waals surface area contributed by atoms with Crippen molar-refractivity contribution in [1.29, 1.82) is 0 Å². The molecule has 0 bridgehead atoms. The van der Waals surface area contributed by atoms with Gasteiger partial charge in [-0.05, 0) is 0 Å². The van der Waals surface area contributed by atoms with Gasteiger partial charge in [-0.1, -0.05) is 0 Å². The lowest BCUT2D eigenvalue weighted by molar-refractivity contribution is -1.92. The highest BCUT2D eigenvalue weighted by atomic mass is 35.7.